The molecular formula is C17H29N3O. The fourth-order valence-corrected chi connectivity index (χ4v) is 3.00. The van der Waals surface area contributed by atoms with E-state index >= 15 is 0 Å². The number of anilines is 1. The number of rotatable bonds is 7. The molecule has 0 saturated carbocycles. The maximum atomic E-state index is 5.87. The second kappa shape index (κ2) is 8.32. The SMILES string of the molecule is CCCC(OCC)c1nc2c(c(NCC)n1)CCCCC2. The summed E-state index contributed by atoms with van der Waals surface area (Å²) >= 11 is 0. The minimum Gasteiger partial charge on any atom is -0.371 e. The highest BCUT2D eigenvalue weighted by atomic mass is 16.5. The zero-order chi connectivity index (χ0) is 15.1. The number of fused-ring (bicyclic) bond motifs is 1. The molecule has 1 N–H and O–H groups in total. The van der Waals surface area contributed by atoms with E-state index in [9.17, 15) is 0 Å². The highest BCUT2D eigenvalue weighted by molar-refractivity contribution is 5.47. The zero-order valence-corrected chi connectivity index (χ0v) is 13.7. The van der Waals surface area contributed by atoms with Gasteiger partial charge in [-0.2, -0.15) is 0 Å². The lowest BCUT2D eigenvalue weighted by Gasteiger charge is -2.19. The molecule has 4 heteroatoms. The van der Waals surface area contributed by atoms with Gasteiger partial charge in [-0.1, -0.05) is 19.8 Å². The first-order valence-electron chi connectivity index (χ1n) is 8.55. The Morgan fingerprint density at radius 2 is 1.90 bits per heavy atom. The summed E-state index contributed by atoms with van der Waals surface area (Å²) in [5.41, 5.74) is 2.58. The fourth-order valence-electron chi connectivity index (χ4n) is 3.00. The summed E-state index contributed by atoms with van der Waals surface area (Å²) in [5, 5.41) is 3.44. The molecule has 118 valence electrons. The zero-order valence-electron chi connectivity index (χ0n) is 13.7. The Balaban J connectivity index is 2.37. The van der Waals surface area contributed by atoms with Crippen LogP contribution in [-0.4, -0.2) is 23.1 Å². The molecule has 0 spiro atoms. The first-order valence-corrected chi connectivity index (χ1v) is 8.55. The van der Waals surface area contributed by atoms with E-state index in [4.69, 9.17) is 14.7 Å². The number of hydrogen-bond donors (Lipinski definition) is 1. The quantitative estimate of drug-likeness (QED) is 0.770. The van der Waals surface area contributed by atoms with Gasteiger partial charge in [-0.3, -0.25) is 0 Å². The van der Waals surface area contributed by atoms with E-state index in [1.807, 2.05) is 6.92 Å². The van der Waals surface area contributed by atoms with Gasteiger partial charge in [-0.05, 0) is 46.0 Å². The van der Waals surface area contributed by atoms with Gasteiger partial charge in [-0.15, -0.1) is 0 Å². The number of nitrogens with one attached hydrogen (secondary N) is 1. The third-order valence-electron chi connectivity index (χ3n) is 4.00. The second-order valence-electron chi connectivity index (χ2n) is 5.68. The van der Waals surface area contributed by atoms with Crippen molar-refractivity contribution in [3.8, 4) is 0 Å². The van der Waals surface area contributed by atoms with Crippen molar-refractivity contribution < 1.29 is 4.74 Å². The van der Waals surface area contributed by atoms with Crippen LogP contribution >= 0.6 is 0 Å². The Kier molecular flexibility index (Phi) is 6.43. The summed E-state index contributed by atoms with van der Waals surface area (Å²) in [4.78, 5) is 9.69. The topological polar surface area (TPSA) is 47.0 Å². The number of nitrogens with zero attached hydrogens (tertiary/aromatic N) is 2. The largest absolute Gasteiger partial charge is 0.371 e. The smallest absolute Gasteiger partial charge is 0.159 e. The molecule has 0 saturated heterocycles. The lowest BCUT2D eigenvalue weighted by atomic mass is 10.1. The van der Waals surface area contributed by atoms with Crippen molar-refractivity contribution in [2.75, 3.05) is 18.5 Å². The third-order valence-corrected chi connectivity index (χ3v) is 4.00. The van der Waals surface area contributed by atoms with Crippen LogP contribution in [0.2, 0.25) is 0 Å². The van der Waals surface area contributed by atoms with Gasteiger partial charge in [0.1, 0.15) is 11.9 Å². The van der Waals surface area contributed by atoms with Crippen molar-refractivity contribution in [1.29, 1.82) is 0 Å². The summed E-state index contributed by atoms with van der Waals surface area (Å²) in [7, 11) is 0. The Morgan fingerprint density at radius 3 is 2.62 bits per heavy atom. The molecule has 1 aromatic rings. The lowest BCUT2D eigenvalue weighted by Crippen LogP contribution is -2.15. The minimum atomic E-state index is 0.0333. The highest BCUT2D eigenvalue weighted by Gasteiger charge is 2.21. The molecule has 21 heavy (non-hydrogen) atoms. The molecule has 0 amide bonds. The summed E-state index contributed by atoms with van der Waals surface area (Å²) in [5.74, 6) is 1.91. The van der Waals surface area contributed by atoms with E-state index in [1.165, 1.54) is 30.5 Å². The molecule has 0 bridgehead atoms. The number of hydrogen-bond acceptors (Lipinski definition) is 4. The second-order valence-corrected chi connectivity index (χ2v) is 5.68. The Hall–Kier alpha value is -1.16. The van der Waals surface area contributed by atoms with Gasteiger partial charge >= 0.3 is 0 Å². The van der Waals surface area contributed by atoms with E-state index in [-0.39, 0.29) is 6.10 Å². The molecular weight excluding hydrogens is 262 g/mol. The highest BCUT2D eigenvalue weighted by Crippen LogP contribution is 2.28. The van der Waals surface area contributed by atoms with Crippen LogP contribution in [0.15, 0.2) is 0 Å². The van der Waals surface area contributed by atoms with Crippen molar-refractivity contribution in [2.24, 2.45) is 0 Å². The van der Waals surface area contributed by atoms with Crippen molar-refractivity contribution in [2.45, 2.75) is 71.8 Å². The molecule has 0 aromatic carbocycles. The van der Waals surface area contributed by atoms with Gasteiger partial charge in [0.05, 0.1) is 0 Å². The molecule has 1 aliphatic carbocycles. The van der Waals surface area contributed by atoms with Gasteiger partial charge in [0.15, 0.2) is 5.82 Å². The van der Waals surface area contributed by atoms with Crippen LogP contribution in [0.3, 0.4) is 0 Å². The summed E-state index contributed by atoms with van der Waals surface area (Å²) in [6, 6.07) is 0. The monoisotopic (exact) mass is 291 g/mol. The van der Waals surface area contributed by atoms with Gasteiger partial charge in [-0.25, -0.2) is 9.97 Å². The summed E-state index contributed by atoms with van der Waals surface area (Å²) in [6.45, 7) is 7.95. The standard InChI is InChI=1S/C17H29N3O/c1-4-10-15(21-6-3)17-19-14-12-9-7-8-11-13(14)16(20-17)18-5-2/h15H,4-12H2,1-3H3,(H,18,19,20). The Morgan fingerprint density at radius 1 is 1.10 bits per heavy atom. The Labute approximate surface area is 128 Å². The molecule has 0 radical (unpaired) electrons. The van der Waals surface area contributed by atoms with Crippen LogP contribution in [-0.2, 0) is 17.6 Å². The molecule has 1 aliphatic rings. The van der Waals surface area contributed by atoms with Gasteiger partial charge < -0.3 is 10.1 Å². The molecule has 0 fully saturated rings. The van der Waals surface area contributed by atoms with Crippen LogP contribution < -0.4 is 5.32 Å². The summed E-state index contributed by atoms with van der Waals surface area (Å²) in [6.07, 6.45) is 8.06. The first-order chi connectivity index (χ1) is 10.3. The lowest BCUT2D eigenvalue weighted by molar-refractivity contribution is 0.0493. The Bertz CT molecular complexity index is 442. The van der Waals surface area contributed by atoms with E-state index < -0.39 is 0 Å². The van der Waals surface area contributed by atoms with Crippen molar-refractivity contribution in [3.05, 3.63) is 17.1 Å². The van der Waals surface area contributed by atoms with Crippen LogP contribution in [0.5, 0.6) is 0 Å². The average molecular weight is 291 g/mol. The van der Waals surface area contributed by atoms with Crippen LogP contribution in [0.1, 0.15) is 76.1 Å². The van der Waals surface area contributed by atoms with E-state index in [0.717, 1.165) is 43.9 Å². The van der Waals surface area contributed by atoms with E-state index in [1.54, 1.807) is 0 Å². The molecule has 1 atom stereocenters. The average Bonchev–Trinajstić information content (AvgIpc) is 2.72. The van der Waals surface area contributed by atoms with E-state index in [2.05, 4.69) is 19.2 Å². The maximum absolute atomic E-state index is 5.87. The number of aromatic nitrogens is 2. The molecule has 1 aromatic heterocycles. The minimum absolute atomic E-state index is 0.0333. The maximum Gasteiger partial charge on any atom is 0.159 e. The van der Waals surface area contributed by atoms with Crippen molar-refractivity contribution in [1.82, 2.24) is 9.97 Å². The number of aryl methyl sites for hydroxylation is 1. The first kappa shape index (κ1) is 16.2. The molecule has 0 aliphatic heterocycles. The van der Waals surface area contributed by atoms with Crippen molar-refractivity contribution >= 4 is 5.82 Å². The van der Waals surface area contributed by atoms with Crippen molar-refractivity contribution in [3.63, 3.8) is 0 Å². The number of ether oxygens (including phenoxy) is 1. The predicted octanol–water partition coefficient (Wildman–Crippen LogP) is 4.06. The molecule has 1 unspecified atom stereocenters. The van der Waals surface area contributed by atoms with Gasteiger partial charge in [0, 0.05) is 24.4 Å². The fraction of sp³-hybridized carbons (Fsp3) is 0.765. The third kappa shape index (κ3) is 4.16. The van der Waals surface area contributed by atoms with E-state index in [0.29, 0.717) is 6.61 Å². The predicted molar refractivity (Wildman–Crippen MR) is 86.7 cm³/mol. The van der Waals surface area contributed by atoms with Gasteiger partial charge in [0.2, 0.25) is 0 Å². The van der Waals surface area contributed by atoms with Crippen LogP contribution in [0.4, 0.5) is 5.82 Å². The molecule has 1 heterocycles. The molecule has 4 nitrogen and oxygen atoms in total. The normalized spacial score (nSPS) is 16.1. The summed E-state index contributed by atoms with van der Waals surface area (Å²) < 4.78 is 5.87. The van der Waals surface area contributed by atoms with Crippen LogP contribution in [0, 0.1) is 0 Å². The van der Waals surface area contributed by atoms with Crippen LogP contribution in [0.25, 0.3) is 0 Å². The molecule has 2 rings (SSSR count). The van der Waals surface area contributed by atoms with Gasteiger partial charge in [0.25, 0.3) is 0 Å².